The summed E-state index contributed by atoms with van der Waals surface area (Å²) in [5.41, 5.74) is 0. The van der Waals surface area contributed by atoms with Gasteiger partial charge >= 0.3 is 11.9 Å². The molecule has 0 N–H and O–H groups in total. The molecule has 2 atom stereocenters. The van der Waals surface area contributed by atoms with E-state index in [4.69, 9.17) is 18.5 Å². The van der Waals surface area contributed by atoms with E-state index in [0.717, 1.165) is 24.3 Å². The van der Waals surface area contributed by atoms with E-state index in [-0.39, 0.29) is 26.1 Å². The molecule has 0 bridgehead atoms. The number of likely N-dealkylation sites (N-methyl/N-ethyl adjacent to an activating group) is 1. The molecule has 0 spiro atoms. The SMILES string of the molecule is CCCCCCCCCCCCCCCCCCCCSCCC(=O)OCC(COP(=O)([O-])OCC[N+](C)(C)C)OC(=O)CCSCCCCCCCCCCCCCCCCCCCC. The lowest BCUT2D eigenvalue weighted by Gasteiger charge is -2.28. The van der Waals surface area contributed by atoms with Crippen LogP contribution in [-0.2, 0) is 32.7 Å². The van der Waals surface area contributed by atoms with E-state index in [2.05, 4.69) is 13.8 Å². The summed E-state index contributed by atoms with van der Waals surface area (Å²) in [6, 6.07) is 0. The number of rotatable bonds is 54. The van der Waals surface area contributed by atoms with Crippen LogP contribution >= 0.6 is 31.3 Å². The second-order valence-electron chi connectivity index (χ2n) is 20.1. The molecule has 9 nitrogen and oxygen atoms in total. The Hall–Kier alpha value is -0.290. The first-order valence-electron chi connectivity index (χ1n) is 27.9. The van der Waals surface area contributed by atoms with Crippen LogP contribution in [0.1, 0.15) is 258 Å². The van der Waals surface area contributed by atoms with Crippen molar-refractivity contribution in [3.63, 3.8) is 0 Å². The van der Waals surface area contributed by atoms with Gasteiger partial charge in [0.25, 0.3) is 7.82 Å². The van der Waals surface area contributed by atoms with Crippen LogP contribution < -0.4 is 4.89 Å². The van der Waals surface area contributed by atoms with E-state index in [0.29, 0.717) is 22.5 Å². The van der Waals surface area contributed by atoms with Gasteiger partial charge in [-0.1, -0.05) is 232 Å². The van der Waals surface area contributed by atoms with Gasteiger partial charge in [0, 0.05) is 11.5 Å². The number of unbranched alkanes of at least 4 members (excludes halogenated alkanes) is 34. The summed E-state index contributed by atoms with van der Waals surface area (Å²) in [5, 5.41) is 0. The number of hydrogen-bond acceptors (Lipinski definition) is 10. The number of hydrogen-bond donors (Lipinski definition) is 0. The third kappa shape index (κ3) is 53.1. The molecule has 0 amide bonds. The number of phosphoric acid groups is 1. The van der Waals surface area contributed by atoms with Gasteiger partial charge in [-0.05, 0) is 24.3 Å². The topological polar surface area (TPSA) is 111 Å². The molecule has 0 aromatic heterocycles. The third-order valence-corrected chi connectivity index (χ3v) is 15.4. The van der Waals surface area contributed by atoms with E-state index in [9.17, 15) is 19.0 Å². The molecule has 0 heterocycles. The monoisotopic (exact) mass is 994 g/mol. The van der Waals surface area contributed by atoms with E-state index in [1.807, 2.05) is 21.1 Å². The smallest absolute Gasteiger partial charge is 0.307 e. The first kappa shape index (κ1) is 65.7. The van der Waals surface area contributed by atoms with E-state index >= 15 is 0 Å². The number of carbonyl (C=O) groups is 2. The molecule has 12 heteroatoms. The molecule has 0 saturated carbocycles. The molecule has 2 unspecified atom stereocenters. The summed E-state index contributed by atoms with van der Waals surface area (Å²) < 4.78 is 34.1. The average molecular weight is 995 g/mol. The van der Waals surface area contributed by atoms with Gasteiger partial charge in [-0.25, -0.2) is 0 Å². The summed E-state index contributed by atoms with van der Waals surface area (Å²) in [6.45, 7) is 4.27. The van der Waals surface area contributed by atoms with Crippen LogP contribution in [0.5, 0.6) is 0 Å². The lowest BCUT2D eigenvalue weighted by molar-refractivity contribution is -0.870. The summed E-state index contributed by atoms with van der Waals surface area (Å²) in [7, 11) is 1.17. The Labute approximate surface area is 417 Å². The highest BCUT2D eigenvalue weighted by Crippen LogP contribution is 2.38. The Morgan fingerprint density at radius 1 is 0.455 bits per heavy atom. The lowest BCUT2D eigenvalue weighted by Crippen LogP contribution is -2.37. The molecule has 0 aromatic rings. The highest BCUT2D eigenvalue weighted by Gasteiger charge is 2.22. The Balaban J connectivity index is 4.12. The number of esters is 2. The molecule has 0 saturated heterocycles. The minimum Gasteiger partial charge on any atom is -0.756 e. The number of ether oxygens (including phenoxy) is 2. The number of nitrogens with zero attached hydrogens (tertiary/aromatic N) is 1. The summed E-state index contributed by atoms with van der Waals surface area (Å²) in [5.74, 6) is 2.44. The Bertz CT molecular complexity index is 1100. The van der Waals surface area contributed by atoms with Gasteiger partial charge in [-0.3, -0.25) is 14.2 Å². The number of phosphoric ester groups is 1. The normalized spacial score (nSPS) is 13.2. The number of quaternary nitrogens is 1. The predicted molar refractivity (Wildman–Crippen MR) is 285 cm³/mol. The van der Waals surface area contributed by atoms with Crippen LogP contribution in [0.2, 0.25) is 0 Å². The van der Waals surface area contributed by atoms with Crippen molar-refractivity contribution in [3.05, 3.63) is 0 Å². The van der Waals surface area contributed by atoms with Crippen LogP contribution in [-0.4, -0.2) is 93.0 Å². The zero-order valence-electron chi connectivity index (χ0n) is 44.1. The largest absolute Gasteiger partial charge is 0.756 e. The minimum atomic E-state index is -4.63. The van der Waals surface area contributed by atoms with Gasteiger partial charge in [0.1, 0.15) is 19.8 Å². The Morgan fingerprint density at radius 2 is 0.773 bits per heavy atom. The highest BCUT2D eigenvalue weighted by molar-refractivity contribution is 7.99. The predicted octanol–water partition coefficient (Wildman–Crippen LogP) is 16.0. The molecule has 0 rings (SSSR count). The Morgan fingerprint density at radius 3 is 1.11 bits per heavy atom. The van der Waals surface area contributed by atoms with Crippen molar-refractivity contribution < 1.29 is 42.1 Å². The van der Waals surface area contributed by atoms with Gasteiger partial charge in [-0.15, -0.1) is 0 Å². The molecule has 0 aliphatic carbocycles. The van der Waals surface area contributed by atoms with Gasteiger partial charge < -0.3 is 27.9 Å². The highest BCUT2D eigenvalue weighted by atomic mass is 32.2. The molecule has 0 fully saturated rings. The van der Waals surface area contributed by atoms with Gasteiger partial charge in [0.15, 0.2) is 6.10 Å². The van der Waals surface area contributed by atoms with Crippen LogP contribution in [0.15, 0.2) is 0 Å². The molecule has 0 aromatic carbocycles. The van der Waals surface area contributed by atoms with Crippen molar-refractivity contribution in [2.24, 2.45) is 0 Å². The van der Waals surface area contributed by atoms with Crippen molar-refractivity contribution in [1.82, 2.24) is 0 Å². The summed E-state index contributed by atoms with van der Waals surface area (Å²) in [4.78, 5) is 37.8. The fourth-order valence-corrected chi connectivity index (χ4v) is 10.6. The Kier molecular flexibility index (Phi) is 49.5. The van der Waals surface area contributed by atoms with Gasteiger partial charge in [0.2, 0.25) is 0 Å². The van der Waals surface area contributed by atoms with Crippen LogP contribution in [0.25, 0.3) is 0 Å². The van der Waals surface area contributed by atoms with Crippen molar-refractivity contribution >= 4 is 43.3 Å². The summed E-state index contributed by atoms with van der Waals surface area (Å²) >= 11 is 3.49. The molecule has 0 radical (unpaired) electrons. The number of carbonyl (C=O) groups excluding carboxylic acids is 2. The molecule has 0 aliphatic heterocycles. The first-order chi connectivity index (χ1) is 32.0. The first-order valence-corrected chi connectivity index (χ1v) is 31.7. The zero-order valence-corrected chi connectivity index (χ0v) is 46.6. The quantitative estimate of drug-likeness (QED) is 0.0253. The third-order valence-electron chi connectivity index (χ3n) is 12.3. The standard InChI is InChI=1S/C54H108NO8PS2/c1-6-8-10-12-14-16-18-20-22-24-26-28-30-32-34-36-38-40-46-65-48-42-53(56)60-50-52(51-62-64(58,59)61-45-44-55(3,4)5)63-54(57)43-49-66-47-41-39-37-35-33-31-29-27-25-23-21-19-17-15-13-11-9-7-2/h52H,6-51H2,1-5H3. The maximum Gasteiger partial charge on any atom is 0.307 e. The fraction of sp³-hybridized carbons (Fsp3) is 0.963. The van der Waals surface area contributed by atoms with Gasteiger partial charge in [0.05, 0.1) is 40.6 Å². The zero-order chi connectivity index (χ0) is 48.5. The van der Waals surface area contributed by atoms with Crippen molar-refractivity contribution in [3.8, 4) is 0 Å². The van der Waals surface area contributed by atoms with E-state index in [1.54, 1.807) is 23.5 Å². The maximum atomic E-state index is 12.8. The van der Waals surface area contributed by atoms with E-state index in [1.165, 1.54) is 218 Å². The fourth-order valence-electron chi connectivity index (χ4n) is 7.98. The van der Waals surface area contributed by atoms with Crippen molar-refractivity contribution in [2.75, 3.05) is 70.5 Å². The lowest BCUT2D eigenvalue weighted by atomic mass is 10.0. The second-order valence-corrected chi connectivity index (χ2v) is 24.0. The molecule has 66 heavy (non-hydrogen) atoms. The second kappa shape index (κ2) is 49.7. The average Bonchev–Trinajstić information content (AvgIpc) is 3.27. The van der Waals surface area contributed by atoms with E-state index < -0.39 is 32.5 Å². The van der Waals surface area contributed by atoms with Crippen molar-refractivity contribution in [2.45, 2.75) is 264 Å². The minimum absolute atomic E-state index is 0.0302. The van der Waals surface area contributed by atoms with Gasteiger partial charge in [-0.2, -0.15) is 23.5 Å². The van der Waals surface area contributed by atoms with Crippen LogP contribution in [0, 0.1) is 0 Å². The number of thioether (sulfide) groups is 2. The molecule has 394 valence electrons. The molecular formula is C54H108NO8PS2. The molecular weight excluding hydrogens is 886 g/mol. The van der Waals surface area contributed by atoms with Crippen LogP contribution in [0.4, 0.5) is 0 Å². The van der Waals surface area contributed by atoms with Crippen molar-refractivity contribution in [1.29, 1.82) is 0 Å². The summed E-state index contributed by atoms with van der Waals surface area (Å²) in [6.07, 6.45) is 48.4. The van der Waals surface area contributed by atoms with Crippen LogP contribution in [0.3, 0.4) is 0 Å². The maximum absolute atomic E-state index is 12.8. The molecule has 0 aliphatic rings.